The van der Waals surface area contributed by atoms with Crippen LogP contribution in [0.25, 0.3) is 11.3 Å². The highest BCUT2D eigenvalue weighted by Crippen LogP contribution is 2.27. The second-order valence-electron chi connectivity index (χ2n) is 3.85. The van der Waals surface area contributed by atoms with E-state index in [0.717, 1.165) is 11.3 Å². The van der Waals surface area contributed by atoms with E-state index in [1.54, 1.807) is 11.0 Å². The predicted molar refractivity (Wildman–Crippen MR) is 71.2 cm³/mol. The number of nitrogens with two attached hydrogens (primary N) is 1. The fourth-order valence-corrected chi connectivity index (χ4v) is 1.69. The smallest absolute Gasteiger partial charge is 0.227 e. The summed E-state index contributed by atoms with van der Waals surface area (Å²) in [6, 6.07) is 9.24. The van der Waals surface area contributed by atoms with Crippen LogP contribution in [0.4, 0.5) is 11.8 Å². The van der Waals surface area contributed by atoms with E-state index in [0.29, 0.717) is 16.8 Å². The van der Waals surface area contributed by atoms with Crippen LogP contribution in [0.2, 0.25) is 5.02 Å². The molecule has 0 fully saturated rings. The number of aromatic nitrogens is 2. The lowest BCUT2D eigenvalue weighted by atomic mass is 10.1. The fourth-order valence-electron chi connectivity index (χ4n) is 1.46. The molecule has 4 nitrogen and oxygen atoms in total. The summed E-state index contributed by atoms with van der Waals surface area (Å²) in [5.41, 5.74) is 7.35. The van der Waals surface area contributed by atoms with E-state index in [4.69, 9.17) is 17.3 Å². The molecule has 5 heteroatoms. The lowest BCUT2D eigenvalue weighted by Crippen LogP contribution is -2.14. The van der Waals surface area contributed by atoms with E-state index in [2.05, 4.69) is 9.97 Å². The van der Waals surface area contributed by atoms with Crippen LogP contribution in [0.3, 0.4) is 0 Å². The molecule has 2 N–H and O–H groups in total. The molecule has 0 saturated heterocycles. The molecule has 0 unspecified atom stereocenters. The van der Waals surface area contributed by atoms with E-state index in [9.17, 15) is 0 Å². The number of nitrogen functional groups attached to an aromatic ring is 1. The van der Waals surface area contributed by atoms with Gasteiger partial charge in [0, 0.05) is 30.7 Å². The summed E-state index contributed by atoms with van der Waals surface area (Å²) in [7, 11) is 3.73. The number of halogens is 1. The summed E-state index contributed by atoms with van der Waals surface area (Å²) >= 11 is 6.13. The second kappa shape index (κ2) is 4.59. The lowest BCUT2D eigenvalue weighted by Gasteiger charge is -2.12. The quantitative estimate of drug-likeness (QED) is 0.887. The van der Waals surface area contributed by atoms with Gasteiger partial charge in [0.25, 0.3) is 0 Å². The minimum atomic E-state index is 0.429. The van der Waals surface area contributed by atoms with Crippen LogP contribution in [0.1, 0.15) is 0 Å². The number of anilines is 2. The van der Waals surface area contributed by atoms with Crippen molar-refractivity contribution in [2.24, 2.45) is 0 Å². The van der Waals surface area contributed by atoms with Crippen molar-refractivity contribution in [3.8, 4) is 11.3 Å². The Balaban J connectivity index is 2.56. The number of hydrogen-bond donors (Lipinski definition) is 1. The highest BCUT2D eigenvalue weighted by atomic mass is 35.5. The Kier molecular flexibility index (Phi) is 3.15. The van der Waals surface area contributed by atoms with Gasteiger partial charge in [-0.15, -0.1) is 0 Å². The molecule has 0 bridgehead atoms. The first-order valence-corrected chi connectivity index (χ1v) is 5.52. The van der Waals surface area contributed by atoms with Gasteiger partial charge in [-0.3, -0.25) is 0 Å². The third-order valence-electron chi connectivity index (χ3n) is 2.28. The van der Waals surface area contributed by atoms with Crippen LogP contribution in [0.15, 0.2) is 30.3 Å². The molecule has 0 saturated carbocycles. The summed E-state index contributed by atoms with van der Waals surface area (Å²) in [6.45, 7) is 0. The molecule has 2 rings (SSSR count). The Labute approximate surface area is 105 Å². The lowest BCUT2D eigenvalue weighted by molar-refractivity contribution is 1.01. The third kappa shape index (κ3) is 2.47. The van der Waals surface area contributed by atoms with Gasteiger partial charge in [0.1, 0.15) is 5.82 Å². The normalized spacial score (nSPS) is 10.3. The van der Waals surface area contributed by atoms with Gasteiger partial charge in [0.15, 0.2) is 0 Å². The van der Waals surface area contributed by atoms with Crippen molar-refractivity contribution in [1.29, 1.82) is 0 Å². The fraction of sp³-hybridized carbons (Fsp3) is 0.167. The van der Waals surface area contributed by atoms with Gasteiger partial charge in [0.2, 0.25) is 5.95 Å². The molecule has 0 aliphatic heterocycles. The van der Waals surface area contributed by atoms with Crippen LogP contribution in [0, 0.1) is 0 Å². The number of rotatable bonds is 2. The molecule has 1 heterocycles. The zero-order valence-electron chi connectivity index (χ0n) is 9.68. The first-order chi connectivity index (χ1) is 8.08. The van der Waals surface area contributed by atoms with E-state index in [1.807, 2.05) is 38.4 Å². The molecule has 88 valence electrons. The Morgan fingerprint density at radius 1 is 1.18 bits per heavy atom. The van der Waals surface area contributed by atoms with Gasteiger partial charge in [0.05, 0.1) is 5.69 Å². The van der Waals surface area contributed by atoms with Crippen LogP contribution in [-0.4, -0.2) is 24.1 Å². The topological polar surface area (TPSA) is 55.0 Å². The summed E-state index contributed by atoms with van der Waals surface area (Å²) in [4.78, 5) is 10.4. The predicted octanol–water partition coefficient (Wildman–Crippen LogP) is 2.45. The average Bonchev–Trinajstić information content (AvgIpc) is 2.28. The zero-order chi connectivity index (χ0) is 12.4. The first-order valence-electron chi connectivity index (χ1n) is 5.14. The van der Waals surface area contributed by atoms with Crippen molar-refractivity contribution in [3.05, 3.63) is 35.4 Å². The van der Waals surface area contributed by atoms with Crippen LogP contribution >= 0.6 is 11.6 Å². The van der Waals surface area contributed by atoms with Crippen molar-refractivity contribution >= 4 is 23.4 Å². The van der Waals surface area contributed by atoms with Gasteiger partial charge in [-0.25, -0.2) is 4.98 Å². The zero-order valence-corrected chi connectivity index (χ0v) is 10.4. The standard InChI is InChI=1S/C12H13ClN4/c1-17(2)12-15-10(7-11(14)16-12)8-5-3-4-6-9(8)13/h3-7H,1-2H3,(H2,14,15,16). The molecular weight excluding hydrogens is 236 g/mol. The second-order valence-corrected chi connectivity index (χ2v) is 4.26. The number of nitrogens with zero attached hydrogens (tertiary/aromatic N) is 3. The summed E-state index contributed by atoms with van der Waals surface area (Å²) < 4.78 is 0. The van der Waals surface area contributed by atoms with Crippen LogP contribution in [0.5, 0.6) is 0 Å². The van der Waals surface area contributed by atoms with E-state index in [1.165, 1.54) is 0 Å². The van der Waals surface area contributed by atoms with Crippen molar-refractivity contribution in [2.45, 2.75) is 0 Å². The van der Waals surface area contributed by atoms with Gasteiger partial charge < -0.3 is 10.6 Å². The molecule has 0 aliphatic carbocycles. The van der Waals surface area contributed by atoms with Crippen LogP contribution in [-0.2, 0) is 0 Å². The highest BCUT2D eigenvalue weighted by Gasteiger charge is 2.08. The molecule has 1 aromatic heterocycles. The van der Waals surface area contributed by atoms with Crippen molar-refractivity contribution < 1.29 is 0 Å². The minimum absolute atomic E-state index is 0.429. The summed E-state index contributed by atoms with van der Waals surface area (Å²) in [5.74, 6) is 0.999. The number of hydrogen-bond acceptors (Lipinski definition) is 4. The van der Waals surface area contributed by atoms with Gasteiger partial charge in [-0.2, -0.15) is 4.98 Å². The average molecular weight is 249 g/mol. The molecule has 0 atom stereocenters. The maximum atomic E-state index is 6.13. The maximum Gasteiger partial charge on any atom is 0.227 e. The minimum Gasteiger partial charge on any atom is -0.384 e. The molecule has 0 aliphatic rings. The molecule has 0 amide bonds. The Bertz CT molecular complexity index is 540. The van der Waals surface area contributed by atoms with Crippen molar-refractivity contribution in [2.75, 3.05) is 24.7 Å². The maximum absolute atomic E-state index is 6.13. The Morgan fingerprint density at radius 2 is 1.88 bits per heavy atom. The van der Waals surface area contributed by atoms with E-state index in [-0.39, 0.29) is 0 Å². The van der Waals surface area contributed by atoms with Crippen LogP contribution < -0.4 is 10.6 Å². The SMILES string of the molecule is CN(C)c1nc(N)cc(-c2ccccc2Cl)n1. The third-order valence-corrected chi connectivity index (χ3v) is 2.61. The molecule has 0 spiro atoms. The highest BCUT2D eigenvalue weighted by molar-refractivity contribution is 6.33. The molecule has 0 radical (unpaired) electrons. The molecular formula is C12H13ClN4. The van der Waals surface area contributed by atoms with Gasteiger partial charge in [-0.05, 0) is 6.07 Å². The van der Waals surface area contributed by atoms with Crippen molar-refractivity contribution in [1.82, 2.24) is 9.97 Å². The van der Waals surface area contributed by atoms with E-state index >= 15 is 0 Å². The Morgan fingerprint density at radius 3 is 2.53 bits per heavy atom. The summed E-state index contributed by atoms with van der Waals surface area (Å²) in [6.07, 6.45) is 0. The van der Waals surface area contributed by atoms with Crippen molar-refractivity contribution in [3.63, 3.8) is 0 Å². The summed E-state index contributed by atoms with van der Waals surface area (Å²) in [5, 5.41) is 0.648. The molecule has 1 aromatic carbocycles. The Hall–Kier alpha value is -1.81. The molecule has 2 aromatic rings. The largest absolute Gasteiger partial charge is 0.384 e. The number of benzene rings is 1. The molecule has 17 heavy (non-hydrogen) atoms. The van der Waals surface area contributed by atoms with E-state index < -0.39 is 0 Å². The van der Waals surface area contributed by atoms with Gasteiger partial charge in [-0.1, -0.05) is 29.8 Å². The first kappa shape index (κ1) is 11.7. The van der Waals surface area contributed by atoms with Gasteiger partial charge >= 0.3 is 0 Å². The monoisotopic (exact) mass is 248 g/mol.